The fourth-order valence-electron chi connectivity index (χ4n) is 3.85. The summed E-state index contributed by atoms with van der Waals surface area (Å²) in [5, 5.41) is 14.3. The van der Waals surface area contributed by atoms with Gasteiger partial charge in [-0.2, -0.15) is 0 Å². The van der Waals surface area contributed by atoms with E-state index in [0.717, 1.165) is 11.1 Å². The maximum Gasteiger partial charge on any atom is 0.232 e. The maximum atomic E-state index is 13.4. The fourth-order valence-corrected chi connectivity index (χ4v) is 3.85. The number of hydrogen-bond donors (Lipinski definition) is 2. The van der Waals surface area contributed by atoms with Crippen molar-refractivity contribution in [2.24, 2.45) is 0 Å². The standard InChI is InChI=1S/C24H19NO5/c26-23(25-15-24(27,16-11-13-28-14-16)21-10-5-12-29-21)22-17-6-1-3-8-19(17)30-20-9-4-2-7-18(20)22/h1-14,22,27H,15H2,(H,25,26)/t24-/m0/s1. The molecule has 0 bridgehead atoms. The van der Waals surface area contributed by atoms with Crippen LogP contribution in [0.4, 0.5) is 0 Å². The van der Waals surface area contributed by atoms with Crippen molar-refractivity contribution in [1.82, 2.24) is 5.32 Å². The van der Waals surface area contributed by atoms with Crippen LogP contribution in [0.5, 0.6) is 11.5 Å². The quantitative estimate of drug-likeness (QED) is 0.525. The number of nitrogens with one attached hydrogen (secondary N) is 1. The Morgan fingerprint density at radius 2 is 1.63 bits per heavy atom. The van der Waals surface area contributed by atoms with E-state index < -0.39 is 11.5 Å². The summed E-state index contributed by atoms with van der Waals surface area (Å²) in [6.07, 6.45) is 4.39. The summed E-state index contributed by atoms with van der Waals surface area (Å²) >= 11 is 0. The van der Waals surface area contributed by atoms with Gasteiger partial charge in [-0.3, -0.25) is 4.79 Å². The van der Waals surface area contributed by atoms with E-state index in [2.05, 4.69) is 5.32 Å². The molecule has 150 valence electrons. The van der Waals surface area contributed by atoms with Crippen LogP contribution in [-0.4, -0.2) is 17.6 Å². The molecule has 0 radical (unpaired) electrons. The Morgan fingerprint density at radius 3 is 2.23 bits per heavy atom. The van der Waals surface area contributed by atoms with E-state index in [4.69, 9.17) is 13.6 Å². The Hall–Kier alpha value is -3.77. The Bertz CT molecular complexity index is 1080. The highest BCUT2D eigenvalue weighted by Crippen LogP contribution is 2.44. The minimum atomic E-state index is -1.56. The minimum Gasteiger partial charge on any atom is -0.472 e. The summed E-state index contributed by atoms with van der Waals surface area (Å²) < 4.78 is 16.6. The van der Waals surface area contributed by atoms with Gasteiger partial charge in [-0.15, -0.1) is 0 Å². The van der Waals surface area contributed by atoms with E-state index in [-0.39, 0.29) is 12.5 Å². The normalized spacial score (nSPS) is 14.8. The zero-order chi connectivity index (χ0) is 20.6. The van der Waals surface area contributed by atoms with E-state index in [1.54, 1.807) is 18.2 Å². The monoisotopic (exact) mass is 401 g/mol. The van der Waals surface area contributed by atoms with Crippen molar-refractivity contribution in [3.63, 3.8) is 0 Å². The van der Waals surface area contributed by atoms with E-state index in [1.165, 1.54) is 18.8 Å². The third kappa shape index (κ3) is 2.98. The van der Waals surface area contributed by atoms with Crippen LogP contribution in [0.3, 0.4) is 0 Å². The zero-order valence-electron chi connectivity index (χ0n) is 15.9. The van der Waals surface area contributed by atoms with Gasteiger partial charge in [0.25, 0.3) is 0 Å². The van der Waals surface area contributed by atoms with Crippen LogP contribution in [0.2, 0.25) is 0 Å². The van der Waals surface area contributed by atoms with Crippen molar-refractivity contribution < 1.29 is 23.5 Å². The molecule has 1 aliphatic heterocycles. The summed E-state index contributed by atoms with van der Waals surface area (Å²) in [5.41, 5.74) is 0.485. The zero-order valence-corrected chi connectivity index (χ0v) is 15.9. The Kier molecular flexibility index (Phi) is 4.41. The number of benzene rings is 2. The van der Waals surface area contributed by atoms with E-state index in [0.29, 0.717) is 22.8 Å². The number of hydrogen-bond acceptors (Lipinski definition) is 5. The Balaban J connectivity index is 1.47. The third-order valence-electron chi connectivity index (χ3n) is 5.39. The molecule has 2 aromatic heterocycles. The molecule has 1 atom stereocenters. The van der Waals surface area contributed by atoms with Gasteiger partial charge in [0.2, 0.25) is 5.91 Å². The number of aliphatic hydroxyl groups is 1. The number of amides is 1. The van der Waals surface area contributed by atoms with Crippen molar-refractivity contribution >= 4 is 5.91 Å². The molecular weight excluding hydrogens is 382 g/mol. The Labute approximate surface area is 172 Å². The largest absolute Gasteiger partial charge is 0.472 e. The molecule has 3 heterocycles. The lowest BCUT2D eigenvalue weighted by Gasteiger charge is -2.29. The predicted octanol–water partition coefficient (Wildman–Crippen LogP) is 4.16. The molecule has 2 aromatic carbocycles. The molecule has 0 spiro atoms. The average molecular weight is 401 g/mol. The predicted molar refractivity (Wildman–Crippen MR) is 108 cm³/mol. The topological polar surface area (TPSA) is 84.8 Å². The maximum absolute atomic E-state index is 13.4. The molecule has 0 aliphatic carbocycles. The van der Waals surface area contributed by atoms with Crippen LogP contribution >= 0.6 is 0 Å². The number of carbonyl (C=O) groups excluding carboxylic acids is 1. The van der Waals surface area contributed by atoms with Gasteiger partial charge in [0.1, 0.15) is 17.3 Å². The second-order valence-corrected chi connectivity index (χ2v) is 7.18. The molecule has 1 aliphatic rings. The molecule has 1 amide bonds. The summed E-state index contributed by atoms with van der Waals surface area (Å²) in [6.45, 7) is -0.0828. The highest BCUT2D eigenvalue weighted by Gasteiger charge is 2.38. The van der Waals surface area contributed by atoms with Gasteiger partial charge in [-0.25, -0.2) is 0 Å². The van der Waals surface area contributed by atoms with Crippen molar-refractivity contribution in [3.8, 4) is 11.5 Å². The van der Waals surface area contributed by atoms with Crippen molar-refractivity contribution in [1.29, 1.82) is 0 Å². The van der Waals surface area contributed by atoms with Crippen LogP contribution in [0, 0.1) is 0 Å². The highest BCUT2D eigenvalue weighted by atomic mass is 16.5. The second-order valence-electron chi connectivity index (χ2n) is 7.18. The fraction of sp³-hybridized carbons (Fsp3) is 0.125. The van der Waals surface area contributed by atoms with Crippen LogP contribution in [0.15, 0.2) is 94.4 Å². The van der Waals surface area contributed by atoms with Gasteiger partial charge in [-0.05, 0) is 30.3 Å². The van der Waals surface area contributed by atoms with Gasteiger partial charge < -0.3 is 24.0 Å². The number of rotatable bonds is 5. The third-order valence-corrected chi connectivity index (χ3v) is 5.39. The average Bonchev–Trinajstić information content (AvgIpc) is 3.50. The molecule has 0 saturated carbocycles. The van der Waals surface area contributed by atoms with Gasteiger partial charge in [-0.1, -0.05) is 36.4 Å². The van der Waals surface area contributed by atoms with Gasteiger partial charge in [0.15, 0.2) is 5.60 Å². The molecule has 2 N–H and O–H groups in total. The molecule has 4 aromatic rings. The van der Waals surface area contributed by atoms with E-state index in [9.17, 15) is 9.90 Å². The van der Waals surface area contributed by atoms with Crippen molar-refractivity contribution in [2.45, 2.75) is 11.5 Å². The lowest BCUT2D eigenvalue weighted by atomic mass is 9.86. The first-order valence-corrected chi connectivity index (χ1v) is 9.59. The number of para-hydroxylation sites is 2. The van der Waals surface area contributed by atoms with Crippen LogP contribution in [0.1, 0.15) is 28.4 Å². The van der Waals surface area contributed by atoms with Crippen molar-refractivity contribution in [3.05, 3.63) is 108 Å². The van der Waals surface area contributed by atoms with Crippen LogP contribution in [0.25, 0.3) is 0 Å². The number of fused-ring (bicyclic) bond motifs is 2. The SMILES string of the molecule is O=C(NC[C@](O)(c1ccoc1)c1ccco1)C1c2ccccc2Oc2ccccc21. The molecule has 0 fully saturated rings. The molecule has 6 heteroatoms. The second kappa shape index (κ2) is 7.24. The molecule has 0 saturated heterocycles. The van der Waals surface area contributed by atoms with E-state index in [1.807, 2.05) is 48.5 Å². The first-order chi connectivity index (χ1) is 14.7. The first-order valence-electron chi connectivity index (χ1n) is 9.59. The molecular formula is C24H19NO5. The highest BCUT2D eigenvalue weighted by molar-refractivity contribution is 5.89. The molecule has 6 nitrogen and oxygen atoms in total. The van der Waals surface area contributed by atoms with Gasteiger partial charge in [0.05, 0.1) is 31.3 Å². The first kappa shape index (κ1) is 18.3. The number of carbonyl (C=O) groups is 1. The van der Waals surface area contributed by atoms with Crippen LogP contribution in [-0.2, 0) is 10.4 Å². The van der Waals surface area contributed by atoms with Crippen LogP contribution < -0.4 is 10.1 Å². The lowest BCUT2D eigenvalue weighted by molar-refractivity contribution is -0.123. The summed E-state index contributed by atoms with van der Waals surface area (Å²) in [5.74, 6) is 0.806. The summed E-state index contributed by atoms with van der Waals surface area (Å²) in [6, 6.07) is 19.9. The molecule has 0 unspecified atom stereocenters. The number of ether oxygens (including phenoxy) is 1. The molecule has 30 heavy (non-hydrogen) atoms. The smallest absolute Gasteiger partial charge is 0.232 e. The minimum absolute atomic E-state index is 0.0828. The summed E-state index contributed by atoms with van der Waals surface area (Å²) in [7, 11) is 0. The van der Waals surface area contributed by atoms with Gasteiger partial charge >= 0.3 is 0 Å². The van der Waals surface area contributed by atoms with Crippen molar-refractivity contribution in [2.75, 3.05) is 6.54 Å². The Morgan fingerprint density at radius 1 is 0.933 bits per heavy atom. The molecule has 5 rings (SSSR count). The summed E-state index contributed by atoms with van der Waals surface area (Å²) in [4.78, 5) is 13.4. The van der Waals surface area contributed by atoms with E-state index >= 15 is 0 Å². The lowest BCUT2D eigenvalue weighted by Crippen LogP contribution is -2.43. The number of furan rings is 2. The van der Waals surface area contributed by atoms with Gasteiger partial charge in [0, 0.05) is 16.7 Å².